The Morgan fingerprint density at radius 3 is 2.59 bits per heavy atom. The van der Waals surface area contributed by atoms with Gasteiger partial charge in [-0.25, -0.2) is 9.78 Å². The number of aliphatic carboxylic acids is 1. The van der Waals surface area contributed by atoms with Crippen LogP contribution in [-0.4, -0.2) is 20.6 Å². The van der Waals surface area contributed by atoms with Crippen LogP contribution in [0.1, 0.15) is 22.6 Å². The molecule has 0 fully saturated rings. The lowest BCUT2D eigenvalue weighted by Gasteiger charge is -2.11. The van der Waals surface area contributed by atoms with E-state index in [2.05, 4.69) is 4.98 Å². The molecule has 0 aliphatic heterocycles. The van der Waals surface area contributed by atoms with Gasteiger partial charge in [-0.15, -0.1) is 0 Å². The quantitative estimate of drug-likeness (QED) is 0.574. The normalized spacial score (nSPS) is 11.6. The minimum atomic E-state index is -0.950. The van der Waals surface area contributed by atoms with E-state index in [1.54, 1.807) is 24.4 Å². The summed E-state index contributed by atoms with van der Waals surface area (Å²) in [4.78, 5) is 16.1. The number of hydrogen-bond acceptors (Lipinski definition) is 2. The molecule has 3 aromatic rings. The molecule has 0 amide bonds. The molecule has 0 saturated carbocycles. The minimum absolute atomic E-state index is 0.296. The topological polar surface area (TPSA) is 55.1 Å². The molecule has 1 aromatic heterocycles. The number of nitrogens with zero attached hydrogens (tertiary/aromatic N) is 2. The maximum atomic E-state index is 11.7. The van der Waals surface area contributed by atoms with Crippen LogP contribution in [0.25, 0.3) is 6.08 Å². The molecule has 138 valence electrons. The standard InChI is InChI=1S/C21H18Cl2N2O2/c1-14-24-12-19(25(14)13-16-7-8-18(22)11-20(16)23)10-17(21(26)27)9-15-5-3-2-4-6-15/h2-8,10-12H,9,13H2,1H3,(H,26,27)/b17-10+. The molecule has 1 heterocycles. The monoisotopic (exact) mass is 400 g/mol. The third-order valence-electron chi connectivity index (χ3n) is 4.26. The molecule has 0 atom stereocenters. The fourth-order valence-corrected chi connectivity index (χ4v) is 3.28. The number of carboxylic acids is 1. The zero-order chi connectivity index (χ0) is 19.4. The van der Waals surface area contributed by atoms with Gasteiger partial charge in [0.1, 0.15) is 5.82 Å². The molecule has 0 saturated heterocycles. The number of carboxylic acid groups (broad SMARTS) is 1. The minimum Gasteiger partial charge on any atom is -0.478 e. The van der Waals surface area contributed by atoms with E-state index in [0.29, 0.717) is 34.3 Å². The van der Waals surface area contributed by atoms with Crippen LogP contribution in [0, 0.1) is 6.92 Å². The number of halogens is 2. The van der Waals surface area contributed by atoms with Crippen LogP contribution in [-0.2, 0) is 17.8 Å². The first kappa shape index (κ1) is 19.2. The van der Waals surface area contributed by atoms with E-state index in [9.17, 15) is 9.90 Å². The van der Waals surface area contributed by atoms with Crippen LogP contribution in [0.3, 0.4) is 0 Å². The molecule has 0 unspecified atom stereocenters. The van der Waals surface area contributed by atoms with Crippen molar-refractivity contribution < 1.29 is 9.90 Å². The summed E-state index contributed by atoms with van der Waals surface area (Å²) in [5.74, 6) is -0.175. The lowest BCUT2D eigenvalue weighted by Crippen LogP contribution is -2.08. The highest BCUT2D eigenvalue weighted by atomic mass is 35.5. The Balaban J connectivity index is 1.94. The van der Waals surface area contributed by atoms with Crippen molar-refractivity contribution in [1.82, 2.24) is 9.55 Å². The van der Waals surface area contributed by atoms with Crippen molar-refractivity contribution in [2.24, 2.45) is 0 Å². The van der Waals surface area contributed by atoms with E-state index >= 15 is 0 Å². The van der Waals surface area contributed by atoms with Crippen molar-refractivity contribution in [2.75, 3.05) is 0 Å². The molecule has 2 aromatic carbocycles. The molecular formula is C21H18Cl2N2O2. The predicted octanol–water partition coefficient (Wildman–Crippen LogP) is 5.26. The molecule has 0 aliphatic rings. The highest BCUT2D eigenvalue weighted by molar-refractivity contribution is 6.35. The van der Waals surface area contributed by atoms with Crippen LogP contribution in [0.15, 0.2) is 60.3 Å². The zero-order valence-electron chi connectivity index (χ0n) is 14.7. The Hall–Kier alpha value is -2.56. The first-order valence-corrected chi connectivity index (χ1v) is 9.13. The summed E-state index contributed by atoms with van der Waals surface area (Å²) in [6, 6.07) is 14.8. The molecule has 0 radical (unpaired) electrons. The van der Waals surface area contributed by atoms with Crippen molar-refractivity contribution in [2.45, 2.75) is 19.9 Å². The molecule has 0 aliphatic carbocycles. The van der Waals surface area contributed by atoms with Crippen molar-refractivity contribution in [3.8, 4) is 0 Å². The highest BCUT2D eigenvalue weighted by Crippen LogP contribution is 2.23. The second-order valence-corrected chi connectivity index (χ2v) is 7.03. The molecular weight excluding hydrogens is 383 g/mol. The van der Waals surface area contributed by atoms with E-state index in [-0.39, 0.29) is 0 Å². The van der Waals surface area contributed by atoms with Gasteiger partial charge in [0.25, 0.3) is 0 Å². The number of carbonyl (C=O) groups is 1. The van der Waals surface area contributed by atoms with Gasteiger partial charge >= 0.3 is 5.97 Å². The molecule has 0 spiro atoms. The number of imidazole rings is 1. The zero-order valence-corrected chi connectivity index (χ0v) is 16.2. The number of rotatable bonds is 6. The van der Waals surface area contributed by atoms with E-state index in [1.165, 1.54) is 0 Å². The summed E-state index contributed by atoms with van der Waals surface area (Å²) in [6.07, 6.45) is 3.67. The number of aromatic nitrogens is 2. The van der Waals surface area contributed by atoms with Crippen LogP contribution in [0.2, 0.25) is 10.0 Å². The third-order valence-corrected chi connectivity index (χ3v) is 4.85. The van der Waals surface area contributed by atoms with Crippen LogP contribution in [0.4, 0.5) is 0 Å². The average molecular weight is 401 g/mol. The first-order valence-electron chi connectivity index (χ1n) is 8.38. The van der Waals surface area contributed by atoms with Gasteiger partial charge in [-0.1, -0.05) is 59.6 Å². The van der Waals surface area contributed by atoms with Crippen LogP contribution in [0.5, 0.6) is 0 Å². The number of benzene rings is 2. The molecule has 1 N–H and O–H groups in total. The summed E-state index contributed by atoms with van der Waals surface area (Å²) in [5, 5.41) is 10.8. The van der Waals surface area contributed by atoms with Crippen molar-refractivity contribution in [3.63, 3.8) is 0 Å². The molecule has 3 rings (SSSR count). The maximum Gasteiger partial charge on any atom is 0.331 e. The van der Waals surface area contributed by atoms with Crippen molar-refractivity contribution in [3.05, 3.63) is 93.0 Å². The van der Waals surface area contributed by atoms with Gasteiger partial charge in [0.2, 0.25) is 0 Å². The number of aryl methyl sites for hydroxylation is 1. The smallest absolute Gasteiger partial charge is 0.331 e. The summed E-state index contributed by atoms with van der Waals surface area (Å²) < 4.78 is 1.93. The second-order valence-electron chi connectivity index (χ2n) is 6.19. The van der Waals surface area contributed by atoms with Crippen molar-refractivity contribution >= 4 is 35.2 Å². The fourth-order valence-electron chi connectivity index (χ4n) is 2.81. The molecule has 6 heteroatoms. The highest BCUT2D eigenvalue weighted by Gasteiger charge is 2.13. The van der Waals surface area contributed by atoms with Gasteiger partial charge in [-0.2, -0.15) is 0 Å². The van der Waals surface area contributed by atoms with E-state index in [1.807, 2.05) is 47.9 Å². The Labute approximate surface area is 167 Å². The van der Waals surface area contributed by atoms with Gasteiger partial charge in [0.05, 0.1) is 18.4 Å². The average Bonchev–Trinajstić information content (AvgIpc) is 2.97. The third kappa shape index (κ3) is 4.79. The summed E-state index contributed by atoms with van der Waals surface area (Å²) in [5.41, 5.74) is 2.84. The lowest BCUT2D eigenvalue weighted by molar-refractivity contribution is -0.132. The van der Waals surface area contributed by atoms with Gasteiger partial charge < -0.3 is 9.67 Å². The molecule has 27 heavy (non-hydrogen) atoms. The lowest BCUT2D eigenvalue weighted by atomic mass is 10.0. The van der Waals surface area contributed by atoms with E-state index < -0.39 is 5.97 Å². The van der Waals surface area contributed by atoms with Crippen molar-refractivity contribution in [1.29, 1.82) is 0 Å². The maximum absolute atomic E-state index is 11.7. The first-order chi connectivity index (χ1) is 12.9. The van der Waals surface area contributed by atoms with Crippen LogP contribution < -0.4 is 0 Å². The Morgan fingerprint density at radius 2 is 1.93 bits per heavy atom. The molecule has 4 nitrogen and oxygen atoms in total. The molecule has 0 bridgehead atoms. The fraction of sp³-hybridized carbons (Fsp3) is 0.143. The van der Waals surface area contributed by atoms with Gasteiger partial charge in [-0.05, 0) is 36.3 Å². The van der Waals surface area contributed by atoms with Gasteiger partial charge in [-0.3, -0.25) is 0 Å². The predicted molar refractivity (Wildman–Crippen MR) is 108 cm³/mol. The Morgan fingerprint density at radius 1 is 1.19 bits per heavy atom. The Bertz CT molecular complexity index is 995. The number of hydrogen-bond donors (Lipinski definition) is 1. The summed E-state index contributed by atoms with van der Waals surface area (Å²) in [6.45, 7) is 2.35. The second kappa shape index (κ2) is 8.42. The van der Waals surface area contributed by atoms with Gasteiger partial charge in [0, 0.05) is 22.0 Å². The van der Waals surface area contributed by atoms with Crippen LogP contribution >= 0.6 is 23.2 Å². The Kier molecular flexibility index (Phi) is 5.99. The summed E-state index contributed by atoms with van der Waals surface area (Å²) in [7, 11) is 0. The largest absolute Gasteiger partial charge is 0.478 e. The summed E-state index contributed by atoms with van der Waals surface area (Å²) >= 11 is 12.3. The van der Waals surface area contributed by atoms with E-state index in [4.69, 9.17) is 23.2 Å². The van der Waals surface area contributed by atoms with Gasteiger partial charge in [0.15, 0.2) is 0 Å². The van der Waals surface area contributed by atoms with E-state index in [0.717, 1.165) is 17.0 Å². The SMILES string of the molecule is Cc1ncc(/C=C(\Cc2ccccc2)C(=O)O)n1Cc1ccc(Cl)cc1Cl.